The highest BCUT2D eigenvalue weighted by molar-refractivity contribution is 5.94. The molecule has 4 heteroatoms. The van der Waals surface area contributed by atoms with Gasteiger partial charge in [0.15, 0.2) is 0 Å². The van der Waals surface area contributed by atoms with Crippen LogP contribution in [0.4, 0.5) is 0 Å². The Morgan fingerprint density at radius 3 is 2.38 bits per heavy atom. The smallest absolute Gasteiger partial charge is 0.251 e. The molecule has 0 heterocycles. The van der Waals surface area contributed by atoms with Crippen molar-refractivity contribution in [2.24, 2.45) is 0 Å². The lowest BCUT2D eigenvalue weighted by molar-refractivity contribution is 0.0955. The summed E-state index contributed by atoms with van der Waals surface area (Å²) >= 11 is 0. The average Bonchev–Trinajstić information content (AvgIpc) is 2.48. The van der Waals surface area contributed by atoms with Crippen molar-refractivity contribution in [1.82, 2.24) is 5.32 Å². The molecule has 2 aromatic rings. The number of ether oxygens (including phenoxy) is 2. The highest BCUT2D eigenvalue weighted by Gasteiger charge is 2.06. The van der Waals surface area contributed by atoms with Gasteiger partial charge in [-0.15, -0.1) is 0 Å². The predicted octanol–water partition coefficient (Wildman–Crippen LogP) is 3.63. The van der Waals surface area contributed by atoms with Gasteiger partial charge in [-0.1, -0.05) is 12.1 Å². The van der Waals surface area contributed by atoms with Gasteiger partial charge in [0, 0.05) is 18.2 Å². The SMILES string of the molecule is CCNC(=O)c1cccc(Oc2cccc(OCC)c2)c1. The van der Waals surface area contributed by atoms with Gasteiger partial charge in [-0.05, 0) is 44.2 Å². The minimum absolute atomic E-state index is 0.106. The van der Waals surface area contributed by atoms with E-state index in [9.17, 15) is 4.79 Å². The molecule has 4 nitrogen and oxygen atoms in total. The normalized spacial score (nSPS) is 10.0. The first kappa shape index (κ1) is 14.9. The van der Waals surface area contributed by atoms with Crippen LogP contribution in [0.3, 0.4) is 0 Å². The maximum Gasteiger partial charge on any atom is 0.251 e. The summed E-state index contributed by atoms with van der Waals surface area (Å²) < 4.78 is 11.2. The highest BCUT2D eigenvalue weighted by atomic mass is 16.5. The van der Waals surface area contributed by atoms with Gasteiger partial charge in [0.1, 0.15) is 17.2 Å². The number of amides is 1. The Balaban J connectivity index is 2.14. The molecular weight excluding hydrogens is 266 g/mol. The Bertz CT molecular complexity index is 610. The summed E-state index contributed by atoms with van der Waals surface area (Å²) in [5, 5.41) is 2.76. The lowest BCUT2D eigenvalue weighted by Crippen LogP contribution is -2.22. The van der Waals surface area contributed by atoms with Crippen molar-refractivity contribution in [2.45, 2.75) is 13.8 Å². The van der Waals surface area contributed by atoms with Gasteiger partial charge in [-0.3, -0.25) is 4.79 Å². The number of rotatable bonds is 6. The molecule has 2 rings (SSSR count). The molecule has 1 amide bonds. The molecule has 0 atom stereocenters. The van der Waals surface area contributed by atoms with E-state index in [2.05, 4.69) is 5.32 Å². The molecule has 0 spiro atoms. The largest absolute Gasteiger partial charge is 0.494 e. The van der Waals surface area contributed by atoms with Crippen LogP contribution in [-0.2, 0) is 0 Å². The second kappa shape index (κ2) is 7.33. The van der Waals surface area contributed by atoms with E-state index in [1.807, 2.05) is 44.2 Å². The van der Waals surface area contributed by atoms with Gasteiger partial charge < -0.3 is 14.8 Å². The Morgan fingerprint density at radius 2 is 1.67 bits per heavy atom. The van der Waals surface area contributed by atoms with Crippen LogP contribution < -0.4 is 14.8 Å². The molecule has 0 unspecified atom stereocenters. The summed E-state index contributed by atoms with van der Waals surface area (Å²) in [7, 11) is 0. The lowest BCUT2D eigenvalue weighted by atomic mass is 10.2. The lowest BCUT2D eigenvalue weighted by Gasteiger charge is -2.09. The molecule has 0 aliphatic heterocycles. The number of benzene rings is 2. The van der Waals surface area contributed by atoms with E-state index in [0.717, 1.165) is 5.75 Å². The van der Waals surface area contributed by atoms with Crippen molar-refractivity contribution < 1.29 is 14.3 Å². The molecule has 0 aliphatic rings. The number of hydrogen-bond acceptors (Lipinski definition) is 3. The predicted molar refractivity (Wildman–Crippen MR) is 82.1 cm³/mol. The number of nitrogens with one attached hydrogen (secondary N) is 1. The van der Waals surface area contributed by atoms with Gasteiger partial charge in [-0.25, -0.2) is 0 Å². The van der Waals surface area contributed by atoms with Crippen LogP contribution in [0.5, 0.6) is 17.2 Å². The summed E-state index contributed by atoms with van der Waals surface area (Å²) in [5.41, 5.74) is 0.579. The maximum atomic E-state index is 11.8. The molecule has 0 bridgehead atoms. The van der Waals surface area contributed by atoms with Crippen LogP contribution >= 0.6 is 0 Å². The molecule has 0 saturated carbocycles. The van der Waals surface area contributed by atoms with Crippen LogP contribution in [0.25, 0.3) is 0 Å². The van der Waals surface area contributed by atoms with Crippen molar-refractivity contribution in [1.29, 1.82) is 0 Å². The van der Waals surface area contributed by atoms with Crippen LogP contribution in [-0.4, -0.2) is 19.1 Å². The molecular formula is C17H19NO3. The van der Waals surface area contributed by atoms with Crippen LogP contribution in [0, 0.1) is 0 Å². The molecule has 110 valence electrons. The second-order valence-electron chi connectivity index (χ2n) is 4.40. The van der Waals surface area contributed by atoms with Crippen LogP contribution in [0.2, 0.25) is 0 Å². The summed E-state index contributed by atoms with van der Waals surface area (Å²) in [6.07, 6.45) is 0. The third-order valence-corrected chi connectivity index (χ3v) is 2.79. The van der Waals surface area contributed by atoms with E-state index in [1.165, 1.54) is 0 Å². The average molecular weight is 285 g/mol. The van der Waals surface area contributed by atoms with Gasteiger partial charge in [0.25, 0.3) is 5.91 Å². The van der Waals surface area contributed by atoms with Gasteiger partial charge in [0.2, 0.25) is 0 Å². The van der Waals surface area contributed by atoms with Gasteiger partial charge in [0.05, 0.1) is 6.61 Å². The third-order valence-electron chi connectivity index (χ3n) is 2.79. The minimum Gasteiger partial charge on any atom is -0.494 e. The van der Waals surface area contributed by atoms with Crippen LogP contribution in [0.1, 0.15) is 24.2 Å². The first-order valence-corrected chi connectivity index (χ1v) is 7.02. The molecule has 21 heavy (non-hydrogen) atoms. The minimum atomic E-state index is -0.106. The standard InChI is InChI=1S/C17H19NO3/c1-3-18-17(19)13-7-5-9-15(11-13)21-16-10-6-8-14(12-16)20-4-2/h5-12H,3-4H2,1-2H3,(H,18,19). The molecule has 1 N–H and O–H groups in total. The van der Waals surface area contributed by atoms with E-state index in [1.54, 1.807) is 18.2 Å². The summed E-state index contributed by atoms with van der Waals surface area (Å²) in [4.78, 5) is 11.8. The fourth-order valence-corrected chi connectivity index (χ4v) is 1.89. The number of carbonyl (C=O) groups excluding carboxylic acids is 1. The van der Waals surface area contributed by atoms with Crippen molar-refractivity contribution in [2.75, 3.05) is 13.2 Å². The van der Waals surface area contributed by atoms with Crippen molar-refractivity contribution in [3.8, 4) is 17.2 Å². The van der Waals surface area contributed by atoms with Gasteiger partial charge >= 0.3 is 0 Å². The monoisotopic (exact) mass is 285 g/mol. The van der Waals surface area contributed by atoms with E-state index < -0.39 is 0 Å². The first-order valence-electron chi connectivity index (χ1n) is 7.02. The van der Waals surface area contributed by atoms with Crippen molar-refractivity contribution in [3.63, 3.8) is 0 Å². The summed E-state index contributed by atoms with van der Waals surface area (Å²) in [6.45, 7) is 5.03. The van der Waals surface area contributed by atoms with E-state index >= 15 is 0 Å². The highest BCUT2D eigenvalue weighted by Crippen LogP contribution is 2.25. The fraction of sp³-hybridized carbons (Fsp3) is 0.235. The van der Waals surface area contributed by atoms with E-state index in [4.69, 9.17) is 9.47 Å². The molecule has 0 aromatic heterocycles. The zero-order valence-electron chi connectivity index (χ0n) is 12.3. The van der Waals surface area contributed by atoms with E-state index in [-0.39, 0.29) is 5.91 Å². The van der Waals surface area contributed by atoms with Crippen molar-refractivity contribution in [3.05, 3.63) is 54.1 Å². The Labute approximate surface area is 124 Å². The van der Waals surface area contributed by atoms with Gasteiger partial charge in [-0.2, -0.15) is 0 Å². The number of carbonyl (C=O) groups is 1. The summed E-state index contributed by atoms with van der Waals surface area (Å²) in [6, 6.07) is 14.5. The molecule has 2 aromatic carbocycles. The van der Waals surface area contributed by atoms with Crippen LogP contribution in [0.15, 0.2) is 48.5 Å². The zero-order chi connectivity index (χ0) is 15.1. The first-order chi connectivity index (χ1) is 10.2. The third kappa shape index (κ3) is 4.24. The Morgan fingerprint density at radius 1 is 1.00 bits per heavy atom. The molecule has 0 fully saturated rings. The maximum absolute atomic E-state index is 11.8. The zero-order valence-corrected chi connectivity index (χ0v) is 12.3. The van der Waals surface area contributed by atoms with Crippen molar-refractivity contribution >= 4 is 5.91 Å². The Hall–Kier alpha value is -2.49. The topological polar surface area (TPSA) is 47.6 Å². The summed E-state index contributed by atoms with van der Waals surface area (Å²) in [5.74, 6) is 1.95. The molecule has 0 aliphatic carbocycles. The Kier molecular flexibility index (Phi) is 5.21. The molecule has 0 radical (unpaired) electrons. The number of hydrogen-bond donors (Lipinski definition) is 1. The van der Waals surface area contributed by atoms with E-state index in [0.29, 0.717) is 30.2 Å². The second-order valence-corrected chi connectivity index (χ2v) is 4.40. The fourth-order valence-electron chi connectivity index (χ4n) is 1.89. The molecule has 0 saturated heterocycles. The quantitative estimate of drug-likeness (QED) is 0.881.